The van der Waals surface area contributed by atoms with Crippen LogP contribution in [0.4, 0.5) is 0 Å². The molecule has 0 amide bonds. The number of rotatable bonds is 1. The van der Waals surface area contributed by atoms with Gasteiger partial charge >= 0.3 is 0 Å². The Hall–Kier alpha value is -1.74. The number of hydrogen-bond donors (Lipinski definition) is 4. The molecule has 3 aliphatic rings. The highest BCUT2D eigenvalue weighted by Gasteiger charge is 2.40. The monoisotopic (exact) mass is 304 g/mol. The van der Waals surface area contributed by atoms with Gasteiger partial charge in [0.15, 0.2) is 5.79 Å². The fourth-order valence-corrected chi connectivity index (χ4v) is 3.31. The van der Waals surface area contributed by atoms with Crippen molar-refractivity contribution in [3.63, 3.8) is 0 Å². The maximum absolute atomic E-state index is 6.24. The summed E-state index contributed by atoms with van der Waals surface area (Å²) in [5.41, 5.74) is 20.4. The molecule has 3 heterocycles. The lowest BCUT2D eigenvalue weighted by Crippen LogP contribution is -2.50. The standard InChI is InChI=1S/C14H20N6O2/c15-12-18-14(16,20-19-12)10-6-9-7-13(21-4-5-22-13)3-1-2-11(9)17-8-10/h6,8,20H,1-5,7,16H2,(H3,15,18,19). The molecule has 1 aromatic heterocycles. The quantitative estimate of drug-likeness (QED) is 0.536. The molecular weight excluding hydrogens is 284 g/mol. The fraction of sp³-hybridized carbons (Fsp3) is 0.571. The minimum Gasteiger partial charge on any atom is -0.369 e. The molecule has 0 radical (unpaired) electrons. The van der Waals surface area contributed by atoms with Crippen LogP contribution in [0.5, 0.6) is 0 Å². The lowest BCUT2D eigenvalue weighted by molar-refractivity contribution is -0.160. The third-order valence-corrected chi connectivity index (χ3v) is 4.42. The number of nitrogens with one attached hydrogen (secondary N) is 2. The second kappa shape index (κ2) is 4.88. The van der Waals surface area contributed by atoms with Gasteiger partial charge in [0, 0.05) is 30.3 Å². The van der Waals surface area contributed by atoms with Crippen LogP contribution < -0.4 is 22.3 Å². The van der Waals surface area contributed by atoms with Gasteiger partial charge in [-0.2, -0.15) is 5.43 Å². The molecule has 0 aromatic carbocycles. The second-order valence-electron chi connectivity index (χ2n) is 5.98. The molecule has 118 valence electrons. The van der Waals surface area contributed by atoms with E-state index in [-0.39, 0.29) is 5.96 Å². The molecule has 1 atom stereocenters. The summed E-state index contributed by atoms with van der Waals surface area (Å²) < 4.78 is 11.7. The van der Waals surface area contributed by atoms with Gasteiger partial charge < -0.3 is 15.2 Å². The van der Waals surface area contributed by atoms with E-state index in [0.29, 0.717) is 19.6 Å². The highest BCUT2D eigenvalue weighted by Crippen LogP contribution is 2.34. The van der Waals surface area contributed by atoms with Crippen molar-refractivity contribution in [2.24, 2.45) is 16.5 Å². The van der Waals surface area contributed by atoms with Crippen LogP contribution >= 0.6 is 0 Å². The number of aryl methyl sites for hydroxylation is 1. The van der Waals surface area contributed by atoms with E-state index in [1.54, 1.807) is 6.20 Å². The van der Waals surface area contributed by atoms with Gasteiger partial charge in [0.25, 0.3) is 0 Å². The van der Waals surface area contributed by atoms with Crippen molar-refractivity contribution in [2.75, 3.05) is 13.2 Å². The lowest BCUT2D eigenvalue weighted by atomic mass is 10.0. The van der Waals surface area contributed by atoms with Gasteiger partial charge in [0.05, 0.1) is 13.2 Å². The molecule has 8 nitrogen and oxygen atoms in total. The topological polar surface area (TPSA) is 120 Å². The molecule has 1 unspecified atom stereocenters. The number of hydrazine groups is 1. The molecule has 8 heteroatoms. The summed E-state index contributed by atoms with van der Waals surface area (Å²) >= 11 is 0. The Kier molecular flexibility index (Phi) is 3.08. The number of fused-ring (bicyclic) bond motifs is 1. The normalized spacial score (nSPS) is 29.8. The van der Waals surface area contributed by atoms with Crippen LogP contribution in [0.3, 0.4) is 0 Å². The summed E-state index contributed by atoms with van der Waals surface area (Å²) in [5.74, 6) is -1.34. The van der Waals surface area contributed by atoms with Crippen LogP contribution in [-0.4, -0.2) is 29.9 Å². The van der Waals surface area contributed by atoms with Crippen LogP contribution in [0.1, 0.15) is 29.7 Å². The summed E-state index contributed by atoms with van der Waals surface area (Å²) in [6.07, 6.45) is 5.24. The number of nitrogens with zero attached hydrogens (tertiary/aromatic N) is 2. The predicted molar refractivity (Wildman–Crippen MR) is 79.3 cm³/mol. The van der Waals surface area contributed by atoms with Crippen LogP contribution in [0.15, 0.2) is 17.3 Å². The summed E-state index contributed by atoms with van der Waals surface area (Å²) in [6, 6.07) is 2.03. The average Bonchev–Trinajstić information content (AvgIpc) is 3.03. The average molecular weight is 304 g/mol. The van der Waals surface area contributed by atoms with Crippen LogP contribution in [0.2, 0.25) is 0 Å². The SMILES string of the molecule is NC1=NC(N)(c2cnc3c(c2)CC2(CCC3)OCCO2)NN1. The van der Waals surface area contributed by atoms with Crippen LogP contribution in [0, 0.1) is 0 Å². The first-order valence-corrected chi connectivity index (χ1v) is 7.52. The van der Waals surface area contributed by atoms with E-state index in [1.807, 2.05) is 6.07 Å². The summed E-state index contributed by atoms with van der Waals surface area (Å²) in [6.45, 7) is 1.30. The highest BCUT2D eigenvalue weighted by atomic mass is 16.7. The highest BCUT2D eigenvalue weighted by molar-refractivity contribution is 5.79. The molecule has 1 fully saturated rings. The van der Waals surface area contributed by atoms with Crippen molar-refractivity contribution in [3.05, 3.63) is 29.1 Å². The van der Waals surface area contributed by atoms with Crippen molar-refractivity contribution >= 4 is 5.96 Å². The van der Waals surface area contributed by atoms with Crippen molar-refractivity contribution in [1.29, 1.82) is 0 Å². The Balaban J connectivity index is 1.70. The summed E-state index contributed by atoms with van der Waals surface area (Å²) in [7, 11) is 0. The summed E-state index contributed by atoms with van der Waals surface area (Å²) in [5, 5.41) is 0. The van der Waals surface area contributed by atoms with Gasteiger partial charge in [-0.1, -0.05) is 0 Å². The Labute approximate surface area is 128 Å². The first-order valence-electron chi connectivity index (χ1n) is 7.52. The maximum Gasteiger partial charge on any atom is 0.210 e. The third-order valence-electron chi connectivity index (χ3n) is 4.42. The van der Waals surface area contributed by atoms with Gasteiger partial charge in [-0.05, 0) is 24.5 Å². The van der Waals surface area contributed by atoms with E-state index in [9.17, 15) is 0 Å². The number of guanidine groups is 1. The second-order valence-corrected chi connectivity index (χ2v) is 5.98. The van der Waals surface area contributed by atoms with E-state index in [2.05, 4.69) is 20.8 Å². The van der Waals surface area contributed by atoms with Crippen LogP contribution in [-0.2, 0) is 28.1 Å². The zero-order chi connectivity index (χ0) is 15.2. The molecule has 6 N–H and O–H groups in total. The van der Waals surface area contributed by atoms with E-state index in [4.69, 9.17) is 20.9 Å². The molecule has 1 aliphatic carbocycles. The third kappa shape index (κ3) is 2.24. The van der Waals surface area contributed by atoms with Crippen molar-refractivity contribution in [2.45, 2.75) is 37.3 Å². The number of aromatic nitrogens is 1. The largest absolute Gasteiger partial charge is 0.369 e. The van der Waals surface area contributed by atoms with Crippen molar-refractivity contribution in [1.82, 2.24) is 15.8 Å². The van der Waals surface area contributed by atoms with Gasteiger partial charge in [-0.3, -0.25) is 16.1 Å². The minimum absolute atomic E-state index is 0.261. The van der Waals surface area contributed by atoms with Gasteiger partial charge in [0.2, 0.25) is 11.7 Å². The van der Waals surface area contributed by atoms with Crippen molar-refractivity contribution in [3.8, 4) is 0 Å². The number of pyridine rings is 1. The molecule has 0 saturated carbocycles. The van der Waals surface area contributed by atoms with E-state index in [1.165, 1.54) is 0 Å². The summed E-state index contributed by atoms with van der Waals surface area (Å²) in [4.78, 5) is 8.78. The van der Waals surface area contributed by atoms with Crippen molar-refractivity contribution < 1.29 is 9.47 Å². The Bertz CT molecular complexity index is 628. The van der Waals surface area contributed by atoms with E-state index in [0.717, 1.165) is 36.1 Å². The smallest absolute Gasteiger partial charge is 0.210 e. The number of hydrogen-bond acceptors (Lipinski definition) is 8. The molecule has 1 spiro atoms. The Morgan fingerprint density at radius 3 is 2.82 bits per heavy atom. The van der Waals surface area contributed by atoms with Gasteiger partial charge in [-0.15, -0.1) is 0 Å². The zero-order valence-electron chi connectivity index (χ0n) is 12.3. The van der Waals surface area contributed by atoms with Crippen LogP contribution in [0.25, 0.3) is 0 Å². The number of nitrogens with two attached hydrogens (primary N) is 2. The molecule has 22 heavy (non-hydrogen) atoms. The maximum atomic E-state index is 6.24. The molecule has 4 rings (SSSR count). The first-order chi connectivity index (χ1) is 10.6. The molecule has 1 aromatic rings. The number of aliphatic imine (C=N–C) groups is 1. The Morgan fingerprint density at radius 2 is 2.09 bits per heavy atom. The zero-order valence-corrected chi connectivity index (χ0v) is 12.3. The number of ether oxygens (including phenoxy) is 2. The van der Waals surface area contributed by atoms with Gasteiger partial charge in [0.1, 0.15) is 0 Å². The molecule has 2 aliphatic heterocycles. The predicted octanol–water partition coefficient (Wildman–Crippen LogP) is -0.805. The van der Waals surface area contributed by atoms with E-state index < -0.39 is 11.6 Å². The first kappa shape index (κ1) is 13.9. The fourth-order valence-electron chi connectivity index (χ4n) is 3.31. The van der Waals surface area contributed by atoms with E-state index >= 15 is 0 Å². The van der Waals surface area contributed by atoms with Gasteiger partial charge in [-0.25, -0.2) is 4.99 Å². The molecule has 0 bridgehead atoms. The lowest BCUT2D eigenvalue weighted by Gasteiger charge is -2.26. The Morgan fingerprint density at radius 1 is 1.27 bits per heavy atom. The minimum atomic E-state index is -1.09. The molecular formula is C14H20N6O2. The molecule has 1 saturated heterocycles.